The third kappa shape index (κ3) is 3.95. The van der Waals surface area contributed by atoms with Gasteiger partial charge < -0.3 is 25.8 Å². The number of anilines is 1. The van der Waals surface area contributed by atoms with Crippen LogP contribution in [0.2, 0.25) is 5.02 Å². The summed E-state index contributed by atoms with van der Waals surface area (Å²) in [5.74, 6) is 2.30. The Morgan fingerprint density at radius 3 is 2.71 bits per heavy atom. The van der Waals surface area contributed by atoms with E-state index in [-0.39, 0.29) is 5.91 Å². The van der Waals surface area contributed by atoms with Crippen LogP contribution in [-0.2, 0) is 11.2 Å². The van der Waals surface area contributed by atoms with Gasteiger partial charge in [-0.05, 0) is 43.2 Å². The van der Waals surface area contributed by atoms with E-state index in [1.54, 1.807) is 6.07 Å². The van der Waals surface area contributed by atoms with E-state index in [0.717, 1.165) is 44.6 Å². The zero-order valence-electron chi connectivity index (χ0n) is 16.4. The minimum atomic E-state index is -0.127. The van der Waals surface area contributed by atoms with E-state index in [1.807, 2.05) is 0 Å². The number of nitrogens with two attached hydrogens (primary N) is 1. The highest BCUT2D eigenvalue weighted by Gasteiger charge is 2.48. The van der Waals surface area contributed by atoms with Crippen molar-refractivity contribution in [1.29, 1.82) is 0 Å². The lowest BCUT2D eigenvalue weighted by Gasteiger charge is -2.23. The fourth-order valence-corrected chi connectivity index (χ4v) is 5.00. The van der Waals surface area contributed by atoms with Gasteiger partial charge in [-0.2, -0.15) is 0 Å². The number of carbonyl (C=O) groups is 1. The summed E-state index contributed by atoms with van der Waals surface area (Å²) >= 11 is 6.22. The molecule has 3 aliphatic rings. The summed E-state index contributed by atoms with van der Waals surface area (Å²) < 4.78 is 11.1. The Balaban J connectivity index is 1.32. The number of benzene rings is 1. The second-order valence-corrected chi connectivity index (χ2v) is 8.54. The van der Waals surface area contributed by atoms with Gasteiger partial charge in [-0.25, -0.2) is 0 Å². The minimum Gasteiger partial charge on any atom is -0.492 e. The van der Waals surface area contributed by atoms with Gasteiger partial charge in [0.15, 0.2) is 0 Å². The molecule has 3 unspecified atom stereocenters. The molecule has 4 rings (SSSR count). The number of halogens is 1. The van der Waals surface area contributed by atoms with Crippen LogP contribution in [0.5, 0.6) is 5.75 Å². The molecule has 1 amide bonds. The zero-order valence-corrected chi connectivity index (χ0v) is 17.2. The Kier molecular flexibility index (Phi) is 5.99. The molecule has 4 N–H and O–H groups in total. The molecule has 6 nitrogen and oxygen atoms in total. The van der Waals surface area contributed by atoms with Gasteiger partial charge in [-0.3, -0.25) is 4.79 Å². The lowest BCUT2D eigenvalue weighted by Crippen LogP contribution is -2.36. The smallest absolute Gasteiger partial charge is 0.255 e. The molecule has 2 fully saturated rings. The molecule has 1 saturated heterocycles. The number of amides is 1. The Morgan fingerprint density at radius 1 is 1.21 bits per heavy atom. The molecule has 1 saturated carbocycles. The second-order valence-electron chi connectivity index (χ2n) is 8.13. The predicted octanol–water partition coefficient (Wildman–Crippen LogP) is 2.63. The average molecular weight is 408 g/mol. The monoisotopic (exact) mass is 407 g/mol. The van der Waals surface area contributed by atoms with Gasteiger partial charge in [0.2, 0.25) is 0 Å². The summed E-state index contributed by atoms with van der Waals surface area (Å²) in [5.41, 5.74) is 7.91. The Morgan fingerprint density at radius 2 is 1.96 bits per heavy atom. The van der Waals surface area contributed by atoms with E-state index >= 15 is 0 Å². The van der Waals surface area contributed by atoms with E-state index in [9.17, 15) is 4.79 Å². The zero-order chi connectivity index (χ0) is 19.7. The molecule has 2 aliphatic heterocycles. The molecular formula is C21H30ClN3O3. The van der Waals surface area contributed by atoms with Crippen molar-refractivity contribution in [3.63, 3.8) is 0 Å². The summed E-state index contributed by atoms with van der Waals surface area (Å²) in [6.45, 7) is 6.20. The van der Waals surface area contributed by atoms with E-state index in [4.69, 9.17) is 26.8 Å². The van der Waals surface area contributed by atoms with Crippen LogP contribution in [0.1, 0.15) is 42.1 Å². The molecule has 3 atom stereocenters. The number of ether oxygens (including phenoxy) is 2. The molecular weight excluding hydrogens is 378 g/mol. The number of nitrogens with one attached hydrogen (secondary N) is 2. The van der Waals surface area contributed by atoms with Crippen LogP contribution in [0.15, 0.2) is 6.07 Å². The van der Waals surface area contributed by atoms with Crippen LogP contribution >= 0.6 is 11.6 Å². The number of nitrogen functional groups attached to an aromatic ring is 1. The van der Waals surface area contributed by atoms with E-state index in [0.29, 0.717) is 65.4 Å². The first kappa shape index (κ1) is 19.8. The van der Waals surface area contributed by atoms with Crippen LogP contribution < -0.4 is 21.1 Å². The molecule has 1 aromatic rings. The summed E-state index contributed by atoms with van der Waals surface area (Å²) in [7, 11) is 0. The van der Waals surface area contributed by atoms with Crippen molar-refractivity contribution in [1.82, 2.24) is 10.6 Å². The second kappa shape index (κ2) is 8.47. The van der Waals surface area contributed by atoms with Crippen molar-refractivity contribution >= 4 is 23.2 Å². The van der Waals surface area contributed by atoms with Crippen LogP contribution in [0.4, 0.5) is 5.69 Å². The highest BCUT2D eigenvalue weighted by atomic mass is 35.5. The maximum absolute atomic E-state index is 12.8. The molecule has 7 heteroatoms. The Hall–Kier alpha value is -1.50. The van der Waals surface area contributed by atoms with Crippen LogP contribution in [-0.4, -0.2) is 44.9 Å². The summed E-state index contributed by atoms with van der Waals surface area (Å²) in [6.07, 6.45) is 4.03. The van der Waals surface area contributed by atoms with Crippen LogP contribution in [0.25, 0.3) is 0 Å². The average Bonchev–Trinajstić information content (AvgIpc) is 3.15. The maximum Gasteiger partial charge on any atom is 0.255 e. The highest BCUT2D eigenvalue weighted by molar-refractivity contribution is 6.33. The van der Waals surface area contributed by atoms with Crippen molar-refractivity contribution in [3.05, 3.63) is 22.2 Å². The lowest BCUT2D eigenvalue weighted by atomic mass is 10.1. The lowest BCUT2D eigenvalue weighted by molar-refractivity contribution is 0.0775. The van der Waals surface area contributed by atoms with Gasteiger partial charge in [-0.1, -0.05) is 24.9 Å². The SMILES string of the molecule is CCC1C(CNC(=O)c2cc(Cl)c(N)c3c2OCC3)C1CNC1CCOCC1. The predicted molar refractivity (Wildman–Crippen MR) is 110 cm³/mol. The van der Waals surface area contributed by atoms with Gasteiger partial charge >= 0.3 is 0 Å². The molecule has 2 heterocycles. The minimum absolute atomic E-state index is 0.127. The third-order valence-electron chi connectivity index (χ3n) is 6.56. The Bertz CT molecular complexity index is 736. The molecule has 0 radical (unpaired) electrons. The maximum atomic E-state index is 12.8. The normalized spacial score (nSPS) is 26.6. The number of fused-ring (bicyclic) bond motifs is 1. The fraction of sp³-hybridized carbons (Fsp3) is 0.667. The van der Waals surface area contributed by atoms with Gasteiger partial charge in [0.25, 0.3) is 5.91 Å². The third-order valence-corrected chi connectivity index (χ3v) is 6.87. The summed E-state index contributed by atoms with van der Waals surface area (Å²) in [4.78, 5) is 12.8. The van der Waals surface area contributed by atoms with Crippen molar-refractivity contribution in [2.24, 2.45) is 17.8 Å². The first-order valence-corrected chi connectivity index (χ1v) is 10.8. The molecule has 0 bridgehead atoms. The first-order chi connectivity index (χ1) is 13.6. The number of carbonyl (C=O) groups excluding carboxylic acids is 1. The van der Waals surface area contributed by atoms with Crippen molar-refractivity contribution < 1.29 is 14.3 Å². The molecule has 1 aliphatic carbocycles. The molecule has 154 valence electrons. The summed E-state index contributed by atoms with van der Waals surface area (Å²) in [5, 5.41) is 7.23. The highest BCUT2D eigenvalue weighted by Crippen LogP contribution is 2.48. The Labute approximate surface area is 171 Å². The molecule has 0 spiro atoms. The van der Waals surface area contributed by atoms with Gasteiger partial charge in [0, 0.05) is 37.8 Å². The quantitative estimate of drug-likeness (QED) is 0.605. The summed E-state index contributed by atoms with van der Waals surface area (Å²) in [6, 6.07) is 2.20. The largest absolute Gasteiger partial charge is 0.492 e. The molecule has 28 heavy (non-hydrogen) atoms. The molecule has 0 aromatic heterocycles. The number of rotatable bonds is 7. The fourth-order valence-electron chi connectivity index (χ4n) is 4.78. The number of hydrogen-bond donors (Lipinski definition) is 3. The molecule has 1 aromatic carbocycles. The van der Waals surface area contributed by atoms with Crippen molar-refractivity contribution in [2.75, 3.05) is 38.6 Å². The number of hydrogen-bond acceptors (Lipinski definition) is 5. The standard InChI is InChI=1S/C21H30ClN3O3/c1-2-13-16(10-24-12-3-6-27-7-4-12)17(13)11-25-21(26)15-9-18(22)19(23)14-5-8-28-20(14)15/h9,12-13,16-17,24H,2-8,10-11,23H2,1H3,(H,25,26). The van der Waals surface area contributed by atoms with E-state index in [2.05, 4.69) is 17.6 Å². The van der Waals surface area contributed by atoms with Crippen molar-refractivity contribution in [3.8, 4) is 5.75 Å². The van der Waals surface area contributed by atoms with Crippen molar-refractivity contribution in [2.45, 2.75) is 38.6 Å². The van der Waals surface area contributed by atoms with E-state index < -0.39 is 0 Å². The van der Waals surface area contributed by atoms with Gasteiger partial charge in [-0.15, -0.1) is 0 Å². The van der Waals surface area contributed by atoms with Crippen LogP contribution in [0.3, 0.4) is 0 Å². The first-order valence-electron chi connectivity index (χ1n) is 10.4. The van der Waals surface area contributed by atoms with Gasteiger partial charge in [0.1, 0.15) is 5.75 Å². The van der Waals surface area contributed by atoms with Gasteiger partial charge in [0.05, 0.1) is 22.9 Å². The topological polar surface area (TPSA) is 85.6 Å². The van der Waals surface area contributed by atoms with E-state index in [1.165, 1.54) is 0 Å². The van der Waals surface area contributed by atoms with Crippen LogP contribution in [0, 0.1) is 17.8 Å².